The number of unbranched alkanes of at least 4 members (excludes halogenated alkanes) is 4. The van der Waals surface area contributed by atoms with Crippen molar-refractivity contribution < 1.29 is 14.3 Å². The summed E-state index contributed by atoms with van der Waals surface area (Å²) in [5.41, 5.74) is 1.61. The first-order chi connectivity index (χ1) is 16.1. The predicted molar refractivity (Wildman–Crippen MR) is 134 cm³/mol. The fourth-order valence-electron chi connectivity index (χ4n) is 4.40. The smallest absolute Gasteiger partial charge is 0.255 e. The van der Waals surface area contributed by atoms with Crippen molar-refractivity contribution in [3.63, 3.8) is 0 Å². The minimum absolute atomic E-state index is 0.0412. The van der Waals surface area contributed by atoms with Gasteiger partial charge in [-0.2, -0.15) is 0 Å². The molecule has 1 saturated carbocycles. The van der Waals surface area contributed by atoms with Crippen LogP contribution in [0.25, 0.3) is 0 Å². The molecule has 2 amide bonds. The normalized spacial score (nSPS) is 14.0. The van der Waals surface area contributed by atoms with E-state index in [1.54, 1.807) is 24.3 Å². The lowest BCUT2D eigenvalue weighted by molar-refractivity contribution is 0.0697. The minimum atomic E-state index is -0.235. The maximum absolute atomic E-state index is 13.2. The Balaban J connectivity index is 1.57. The zero-order valence-corrected chi connectivity index (χ0v) is 20.1. The first-order valence-electron chi connectivity index (χ1n) is 12.5. The number of carbonyl (C=O) groups excluding carboxylic acids is 2. The SMILES string of the molecule is CCCCCCCOc1ccc(C(=O)Nc2ccccc2C(=O)N(C)C2CCCCC2)cc1. The Labute approximate surface area is 198 Å². The summed E-state index contributed by atoms with van der Waals surface area (Å²) in [5.74, 6) is 0.494. The van der Waals surface area contributed by atoms with Gasteiger partial charge >= 0.3 is 0 Å². The van der Waals surface area contributed by atoms with Crippen LogP contribution < -0.4 is 10.1 Å². The lowest BCUT2D eigenvalue weighted by Gasteiger charge is -2.31. The summed E-state index contributed by atoms with van der Waals surface area (Å²) in [5, 5.41) is 2.93. The highest BCUT2D eigenvalue weighted by Gasteiger charge is 2.25. The summed E-state index contributed by atoms with van der Waals surface area (Å²) < 4.78 is 5.79. The molecule has 0 aromatic heterocycles. The highest BCUT2D eigenvalue weighted by atomic mass is 16.5. The van der Waals surface area contributed by atoms with Gasteiger partial charge in [0.15, 0.2) is 0 Å². The van der Waals surface area contributed by atoms with Crippen molar-refractivity contribution in [1.29, 1.82) is 0 Å². The molecule has 0 heterocycles. The number of anilines is 1. The van der Waals surface area contributed by atoms with Crippen LogP contribution in [0.1, 0.15) is 91.8 Å². The van der Waals surface area contributed by atoms with Gasteiger partial charge in [0.25, 0.3) is 11.8 Å². The maximum Gasteiger partial charge on any atom is 0.255 e. The average Bonchev–Trinajstić information content (AvgIpc) is 2.86. The number of nitrogens with zero attached hydrogens (tertiary/aromatic N) is 1. The first kappa shape index (κ1) is 24.8. The second-order valence-corrected chi connectivity index (χ2v) is 8.99. The molecule has 1 N–H and O–H groups in total. The molecule has 178 valence electrons. The van der Waals surface area contributed by atoms with E-state index < -0.39 is 0 Å². The Kier molecular flexibility index (Phi) is 9.79. The van der Waals surface area contributed by atoms with E-state index in [2.05, 4.69) is 12.2 Å². The molecule has 1 fully saturated rings. The number of para-hydroxylation sites is 1. The third kappa shape index (κ3) is 7.34. The van der Waals surface area contributed by atoms with Crippen LogP contribution in [0.3, 0.4) is 0 Å². The van der Waals surface area contributed by atoms with Gasteiger partial charge in [0, 0.05) is 18.7 Å². The van der Waals surface area contributed by atoms with E-state index in [4.69, 9.17) is 4.74 Å². The van der Waals surface area contributed by atoms with Crippen molar-refractivity contribution in [1.82, 2.24) is 4.90 Å². The third-order valence-electron chi connectivity index (χ3n) is 6.48. The summed E-state index contributed by atoms with van der Waals surface area (Å²) in [6, 6.07) is 14.7. The van der Waals surface area contributed by atoms with Crippen LogP contribution in [-0.4, -0.2) is 36.4 Å². The highest BCUT2D eigenvalue weighted by Crippen LogP contribution is 2.25. The molecule has 2 aromatic carbocycles. The molecule has 1 aliphatic carbocycles. The molecule has 5 nitrogen and oxygen atoms in total. The van der Waals surface area contributed by atoms with Gasteiger partial charge in [0.05, 0.1) is 17.9 Å². The zero-order valence-electron chi connectivity index (χ0n) is 20.1. The van der Waals surface area contributed by atoms with Gasteiger partial charge in [-0.25, -0.2) is 0 Å². The summed E-state index contributed by atoms with van der Waals surface area (Å²) in [4.78, 5) is 27.9. The number of ether oxygens (including phenoxy) is 1. The van der Waals surface area contributed by atoms with Crippen LogP contribution in [0.2, 0.25) is 0 Å². The number of hydrogen-bond acceptors (Lipinski definition) is 3. The number of hydrogen-bond donors (Lipinski definition) is 1. The number of nitrogens with one attached hydrogen (secondary N) is 1. The Morgan fingerprint density at radius 2 is 1.64 bits per heavy atom. The van der Waals surface area contributed by atoms with Gasteiger partial charge in [-0.1, -0.05) is 64.0 Å². The monoisotopic (exact) mass is 450 g/mol. The van der Waals surface area contributed by atoms with Crippen molar-refractivity contribution in [3.8, 4) is 5.75 Å². The molecule has 1 aliphatic rings. The molecule has 0 saturated heterocycles. The van der Waals surface area contributed by atoms with Gasteiger partial charge in [-0.3, -0.25) is 9.59 Å². The van der Waals surface area contributed by atoms with E-state index in [1.807, 2.05) is 36.2 Å². The largest absolute Gasteiger partial charge is 0.494 e. The summed E-state index contributed by atoms with van der Waals surface area (Å²) >= 11 is 0. The van der Waals surface area contributed by atoms with Crippen LogP contribution in [-0.2, 0) is 0 Å². The van der Waals surface area contributed by atoms with Crippen LogP contribution in [0.5, 0.6) is 5.75 Å². The fourth-order valence-corrected chi connectivity index (χ4v) is 4.40. The number of benzene rings is 2. The molecule has 2 aromatic rings. The Hall–Kier alpha value is -2.82. The van der Waals surface area contributed by atoms with E-state index in [0.717, 1.165) is 25.0 Å². The second-order valence-electron chi connectivity index (χ2n) is 8.99. The van der Waals surface area contributed by atoms with Crippen molar-refractivity contribution in [2.45, 2.75) is 77.2 Å². The molecule has 5 heteroatoms. The van der Waals surface area contributed by atoms with Crippen molar-refractivity contribution in [2.75, 3.05) is 19.0 Å². The highest BCUT2D eigenvalue weighted by molar-refractivity contribution is 6.09. The molecule has 0 spiro atoms. The Bertz CT molecular complexity index is 888. The molecule has 0 radical (unpaired) electrons. The number of rotatable bonds is 11. The lowest BCUT2D eigenvalue weighted by atomic mass is 9.94. The molecular formula is C28H38N2O3. The van der Waals surface area contributed by atoms with E-state index >= 15 is 0 Å². The summed E-state index contributed by atoms with van der Waals surface area (Å²) in [7, 11) is 1.87. The number of carbonyl (C=O) groups is 2. The van der Waals surface area contributed by atoms with Crippen molar-refractivity contribution >= 4 is 17.5 Å². The third-order valence-corrected chi connectivity index (χ3v) is 6.48. The van der Waals surface area contributed by atoms with Gasteiger partial charge in [-0.05, 0) is 55.7 Å². The van der Waals surface area contributed by atoms with Crippen LogP contribution >= 0.6 is 0 Å². The maximum atomic E-state index is 13.2. The molecular weight excluding hydrogens is 412 g/mol. The van der Waals surface area contributed by atoms with Crippen LogP contribution in [0.4, 0.5) is 5.69 Å². The molecule has 0 bridgehead atoms. The van der Waals surface area contributed by atoms with Gasteiger partial charge in [0.2, 0.25) is 0 Å². The second kappa shape index (κ2) is 13.0. The van der Waals surface area contributed by atoms with E-state index in [0.29, 0.717) is 23.4 Å². The van der Waals surface area contributed by atoms with E-state index in [1.165, 1.54) is 44.9 Å². The van der Waals surface area contributed by atoms with Gasteiger partial charge < -0.3 is 15.0 Å². The van der Waals surface area contributed by atoms with Crippen LogP contribution in [0, 0.1) is 0 Å². The predicted octanol–water partition coefficient (Wildman–Crippen LogP) is 6.69. The summed E-state index contributed by atoms with van der Waals surface area (Å²) in [6.07, 6.45) is 11.7. The van der Waals surface area contributed by atoms with Crippen molar-refractivity contribution in [3.05, 3.63) is 59.7 Å². The molecule has 0 atom stereocenters. The quantitative estimate of drug-likeness (QED) is 0.388. The van der Waals surface area contributed by atoms with Gasteiger partial charge in [0.1, 0.15) is 5.75 Å². The van der Waals surface area contributed by atoms with E-state index in [-0.39, 0.29) is 17.9 Å². The van der Waals surface area contributed by atoms with E-state index in [9.17, 15) is 9.59 Å². The Morgan fingerprint density at radius 1 is 0.939 bits per heavy atom. The van der Waals surface area contributed by atoms with Gasteiger partial charge in [-0.15, -0.1) is 0 Å². The topological polar surface area (TPSA) is 58.6 Å². The Morgan fingerprint density at radius 3 is 2.36 bits per heavy atom. The molecule has 33 heavy (non-hydrogen) atoms. The zero-order chi connectivity index (χ0) is 23.5. The first-order valence-corrected chi connectivity index (χ1v) is 12.5. The number of amides is 2. The fraction of sp³-hybridized carbons (Fsp3) is 0.500. The minimum Gasteiger partial charge on any atom is -0.494 e. The van der Waals surface area contributed by atoms with Crippen LogP contribution in [0.15, 0.2) is 48.5 Å². The molecule has 3 rings (SSSR count). The standard InChI is InChI=1S/C28H38N2O3/c1-3-4-5-6-12-21-33-24-19-17-22(18-20-24)27(31)29-26-16-11-10-15-25(26)28(32)30(2)23-13-8-7-9-14-23/h10-11,15-20,23H,3-9,12-14,21H2,1-2H3,(H,29,31). The summed E-state index contributed by atoms with van der Waals surface area (Å²) in [6.45, 7) is 2.90. The average molecular weight is 451 g/mol. The van der Waals surface area contributed by atoms with Crippen molar-refractivity contribution in [2.24, 2.45) is 0 Å². The molecule has 0 unspecified atom stereocenters. The molecule has 0 aliphatic heterocycles. The lowest BCUT2D eigenvalue weighted by Crippen LogP contribution is -2.38.